The lowest BCUT2D eigenvalue weighted by molar-refractivity contribution is 0.112. The number of aldehydes is 1. The van der Waals surface area contributed by atoms with Gasteiger partial charge in [-0.3, -0.25) is 4.79 Å². The Morgan fingerprint density at radius 1 is 0.944 bits per heavy atom. The predicted octanol–water partition coefficient (Wildman–Crippen LogP) is 2.88. The SMILES string of the molecule is O=Cc1ccc(F)cc1O.Oc1cccc(F)c1. The number of phenols is 2. The molecule has 0 aliphatic rings. The van der Waals surface area contributed by atoms with Crippen LogP contribution < -0.4 is 0 Å². The van der Waals surface area contributed by atoms with Crippen molar-refractivity contribution in [3.63, 3.8) is 0 Å². The van der Waals surface area contributed by atoms with E-state index < -0.39 is 11.6 Å². The molecule has 2 rings (SSSR count). The number of benzene rings is 2. The summed E-state index contributed by atoms with van der Waals surface area (Å²) in [6.07, 6.45) is 0.467. The van der Waals surface area contributed by atoms with Crippen LogP contribution in [0.4, 0.5) is 8.78 Å². The minimum atomic E-state index is -0.553. The first-order valence-corrected chi connectivity index (χ1v) is 4.91. The van der Waals surface area contributed by atoms with Gasteiger partial charge in [-0.15, -0.1) is 0 Å². The highest BCUT2D eigenvalue weighted by atomic mass is 19.1. The Bertz CT molecular complexity index is 524. The number of halogens is 2. The quantitative estimate of drug-likeness (QED) is 0.767. The van der Waals surface area contributed by atoms with Crippen LogP contribution in [0.5, 0.6) is 11.5 Å². The lowest BCUT2D eigenvalue weighted by Crippen LogP contribution is -1.81. The number of carbonyl (C=O) groups is 1. The van der Waals surface area contributed by atoms with Crippen molar-refractivity contribution in [3.05, 3.63) is 59.7 Å². The summed E-state index contributed by atoms with van der Waals surface area (Å²) in [7, 11) is 0. The molecular formula is C13H10F2O3. The van der Waals surface area contributed by atoms with Gasteiger partial charge >= 0.3 is 0 Å². The Kier molecular flexibility index (Phi) is 4.80. The number of rotatable bonds is 1. The van der Waals surface area contributed by atoms with Crippen LogP contribution in [0.25, 0.3) is 0 Å². The van der Waals surface area contributed by atoms with Crippen molar-refractivity contribution < 1.29 is 23.8 Å². The zero-order valence-corrected chi connectivity index (χ0v) is 9.18. The van der Waals surface area contributed by atoms with Gasteiger partial charge in [-0.2, -0.15) is 0 Å². The second-order valence-electron chi connectivity index (χ2n) is 3.30. The second kappa shape index (κ2) is 6.34. The van der Waals surface area contributed by atoms with E-state index in [9.17, 15) is 13.6 Å². The summed E-state index contributed by atoms with van der Waals surface area (Å²) < 4.78 is 24.2. The molecule has 0 saturated carbocycles. The van der Waals surface area contributed by atoms with Gasteiger partial charge in [0.2, 0.25) is 0 Å². The molecule has 0 amide bonds. The van der Waals surface area contributed by atoms with Gasteiger partial charge in [0.1, 0.15) is 23.1 Å². The number of aromatic hydroxyl groups is 2. The van der Waals surface area contributed by atoms with Gasteiger partial charge in [0, 0.05) is 12.1 Å². The first kappa shape index (κ1) is 13.6. The molecule has 5 heteroatoms. The first-order chi connectivity index (χ1) is 8.52. The Balaban J connectivity index is 0.000000184. The topological polar surface area (TPSA) is 57.5 Å². The van der Waals surface area contributed by atoms with E-state index in [2.05, 4.69) is 0 Å². The zero-order valence-electron chi connectivity index (χ0n) is 9.18. The average molecular weight is 252 g/mol. The standard InChI is InChI=1S/C7H5FO2.C6H5FO/c8-6-2-1-5(4-9)7(10)3-6;7-5-2-1-3-6(8)4-5/h1-4,10H;1-4,8H. The summed E-state index contributed by atoms with van der Waals surface area (Å²) in [5, 5.41) is 17.4. The van der Waals surface area contributed by atoms with Gasteiger partial charge in [-0.25, -0.2) is 8.78 Å². The molecule has 0 aliphatic heterocycles. The van der Waals surface area contributed by atoms with Crippen LogP contribution in [-0.2, 0) is 0 Å². The molecule has 0 fully saturated rings. The fourth-order valence-corrected chi connectivity index (χ4v) is 1.09. The van der Waals surface area contributed by atoms with E-state index >= 15 is 0 Å². The largest absolute Gasteiger partial charge is 0.508 e. The molecule has 2 aromatic rings. The van der Waals surface area contributed by atoms with E-state index in [1.54, 1.807) is 0 Å². The van der Waals surface area contributed by atoms with Crippen LogP contribution in [0, 0.1) is 11.6 Å². The molecule has 0 bridgehead atoms. The molecule has 0 saturated heterocycles. The first-order valence-electron chi connectivity index (χ1n) is 4.91. The van der Waals surface area contributed by atoms with Crippen molar-refractivity contribution >= 4 is 6.29 Å². The predicted molar refractivity (Wildman–Crippen MR) is 61.5 cm³/mol. The second-order valence-corrected chi connectivity index (χ2v) is 3.30. The summed E-state index contributed by atoms with van der Waals surface area (Å²) >= 11 is 0. The molecule has 2 aromatic carbocycles. The molecule has 3 nitrogen and oxygen atoms in total. The summed E-state index contributed by atoms with van der Waals surface area (Å²) in [5.41, 5.74) is 0.0985. The Labute approximate surface area is 102 Å². The van der Waals surface area contributed by atoms with E-state index in [1.807, 2.05) is 0 Å². The van der Waals surface area contributed by atoms with E-state index in [1.165, 1.54) is 24.3 Å². The van der Waals surface area contributed by atoms with Gasteiger partial charge in [-0.05, 0) is 24.3 Å². The third-order valence-corrected chi connectivity index (χ3v) is 1.93. The Morgan fingerprint density at radius 3 is 2.06 bits per heavy atom. The molecule has 0 atom stereocenters. The number of hydrogen-bond acceptors (Lipinski definition) is 3. The minimum Gasteiger partial charge on any atom is -0.508 e. The molecule has 94 valence electrons. The molecule has 0 aromatic heterocycles. The highest BCUT2D eigenvalue weighted by Gasteiger charge is 1.98. The van der Waals surface area contributed by atoms with Crippen LogP contribution in [0.1, 0.15) is 10.4 Å². The molecule has 18 heavy (non-hydrogen) atoms. The van der Waals surface area contributed by atoms with Crippen LogP contribution in [-0.4, -0.2) is 16.5 Å². The van der Waals surface area contributed by atoms with Crippen molar-refractivity contribution in [3.8, 4) is 11.5 Å². The average Bonchev–Trinajstić information content (AvgIpc) is 2.29. The van der Waals surface area contributed by atoms with Crippen LogP contribution in [0.3, 0.4) is 0 Å². The van der Waals surface area contributed by atoms with Gasteiger partial charge in [0.05, 0.1) is 5.56 Å². The molecular weight excluding hydrogens is 242 g/mol. The Morgan fingerprint density at radius 2 is 1.61 bits per heavy atom. The lowest BCUT2D eigenvalue weighted by Gasteiger charge is -1.93. The van der Waals surface area contributed by atoms with E-state index in [0.717, 1.165) is 18.2 Å². The van der Waals surface area contributed by atoms with Crippen LogP contribution in [0.2, 0.25) is 0 Å². The third kappa shape index (κ3) is 4.21. The highest BCUT2D eigenvalue weighted by molar-refractivity contribution is 5.78. The van der Waals surface area contributed by atoms with E-state index in [-0.39, 0.29) is 17.1 Å². The maximum atomic E-state index is 12.2. The molecule has 0 radical (unpaired) electrons. The van der Waals surface area contributed by atoms with Crippen molar-refractivity contribution in [2.75, 3.05) is 0 Å². The smallest absolute Gasteiger partial charge is 0.153 e. The fraction of sp³-hybridized carbons (Fsp3) is 0. The third-order valence-electron chi connectivity index (χ3n) is 1.93. The molecule has 2 N–H and O–H groups in total. The molecule has 0 heterocycles. The fourth-order valence-electron chi connectivity index (χ4n) is 1.09. The van der Waals surface area contributed by atoms with Crippen molar-refractivity contribution in [1.29, 1.82) is 0 Å². The lowest BCUT2D eigenvalue weighted by atomic mass is 10.2. The van der Waals surface area contributed by atoms with Gasteiger partial charge in [0.15, 0.2) is 6.29 Å². The van der Waals surface area contributed by atoms with E-state index in [0.29, 0.717) is 6.29 Å². The normalized spacial score (nSPS) is 9.22. The zero-order chi connectivity index (χ0) is 13.5. The highest BCUT2D eigenvalue weighted by Crippen LogP contribution is 2.15. The number of carbonyl (C=O) groups excluding carboxylic acids is 1. The van der Waals surface area contributed by atoms with Crippen molar-refractivity contribution in [2.45, 2.75) is 0 Å². The Hall–Kier alpha value is -2.43. The summed E-state index contributed by atoms with van der Waals surface area (Å²) in [4.78, 5) is 10.1. The van der Waals surface area contributed by atoms with E-state index in [4.69, 9.17) is 10.2 Å². The monoisotopic (exact) mass is 252 g/mol. The van der Waals surface area contributed by atoms with Crippen LogP contribution >= 0.6 is 0 Å². The van der Waals surface area contributed by atoms with Crippen LogP contribution in [0.15, 0.2) is 42.5 Å². The minimum absolute atomic E-state index is 0.0370. The summed E-state index contributed by atoms with van der Waals surface area (Å²) in [6.45, 7) is 0. The number of phenolic OH excluding ortho intramolecular Hbond substituents is 2. The number of hydrogen-bond donors (Lipinski definition) is 2. The molecule has 0 unspecified atom stereocenters. The van der Waals surface area contributed by atoms with Gasteiger partial charge in [-0.1, -0.05) is 6.07 Å². The van der Waals surface area contributed by atoms with Crippen molar-refractivity contribution in [1.82, 2.24) is 0 Å². The van der Waals surface area contributed by atoms with Gasteiger partial charge in [0.25, 0.3) is 0 Å². The van der Waals surface area contributed by atoms with Crippen molar-refractivity contribution in [2.24, 2.45) is 0 Å². The maximum absolute atomic E-state index is 12.2. The summed E-state index contributed by atoms with van der Waals surface area (Å²) in [6, 6.07) is 8.43. The van der Waals surface area contributed by atoms with Gasteiger partial charge < -0.3 is 10.2 Å². The maximum Gasteiger partial charge on any atom is 0.153 e. The molecule has 0 aliphatic carbocycles. The summed E-state index contributed by atoms with van der Waals surface area (Å²) in [5.74, 6) is -1.33. The molecule has 0 spiro atoms.